The SMILES string of the molecule is CCCOP(OCCCCCCN)N(C(C)C)C(C)C. The average molecular weight is 306 g/mol. The topological polar surface area (TPSA) is 47.7 Å². The lowest BCUT2D eigenvalue weighted by Gasteiger charge is -2.35. The van der Waals surface area contributed by atoms with E-state index in [2.05, 4.69) is 39.3 Å². The van der Waals surface area contributed by atoms with Gasteiger partial charge in [-0.2, -0.15) is 0 Å². The largest absolute Gasteiger partial charge is 0.330 e. The molecule has 20 heavy (non-hydrogen) atoms. The van der Waals surface area contributed by atoms with Crippen LogP contribution in [0.3, 0.4) is 0 Å². The van der Waals surface area contributed by atoms with E-state index < -0.39 is 8.53 Å². The lowest BCUT2D eigenvalue weighted by molar-refractivity contribution is 0.172. The molecule has 1 unspecified atom stereocenters. The van der Waals surface area contributed by atoms with Crippen molar-refractivity contribution in [3.8, 4) is 0 Å². The van der Waals surface area contributed by atoms with Crippen LogP contribution >= 0.6 is 8.53 Å². The van der Waals surface area contributed by atoms with E-state index in [9.17, 15) is 0 Å². The Labute approximate surface area is 127 Å². The van der Waals surface area contributed by atoms with Crippen LogP contribution in [0.2, 0.25) is 0 Å². The Balaban J connectivity index is 4.18. The third-order valence-electron chi connectivity index (χ3n) is 2.95. The zero-order valence-corrected chi connectivity index (χ0v) is 15.0. The lowest BCUT2D eigenvalue weighted by Crippen LogP contribution is -2.33. The maximum absolute atomic E-state index is 6.05. The Morgan fingerprint density at radius 3 is 1.95 bits per heavy atom. The van der Waals surface area contributed by atoms with Crippen LogP contribution in [0.1, 0.15) is 66.7 Å². The molecular formula is C15H35N2O2P. The Morgan fingerprint density at radius 2 is 1.45 bits per heavy atom. The van der Waals surface area contributed by atoms with Crippen LogP contribution in [0, 0.1) is 0 Å². The summed E-state index contributed by atoms with van der Waals surface area (Å²) in [6.45, 7) is 13.3. The summed E-state index contributed by atoms with van der Waals surface area (Å²) in [6.07, 6.45) is 5.63. The number of nitrogens with zero attached hydrogens (tertiary/aromatic N) is 1. The van der Waals surface area contributed by atoms with Gasteiger partial charge in [-0.15, -0.1) is 0 Å². The monoisotopic (exact) mass is 306 g/mol. The second-order valence-electron chi connectivity index (χ2n) is 5.67. The Bertz CT molecular complexity index is 208. The van der Waals surface area contributed by atoms with Crippen LogP contribution in [0.25, 0.3) is 0 Å². The second-order valence-corrected chi connectivity index (χ2v) is 7.13. The minimum absolute atomic E-state index is 0.440. The van der Waals surface area contributed by atoms with E-state index in [1.165, 1.54) is 12.8 Å². The highest BCUT2D eigenvalue weighted by Gasteiger charge is 2.26. The first-order chi connectivity index (χ1) is 9.54. The first kappa shape index (κ1) is 20.3. The average Bonchev–Trinajstić information content (AvgIpc) is 2.38. The smallest absolute Gasteiger partial charge is 0.259 e. The molecule has 4 nitrogen and oxygen atoms in total. The molecule has 1 atom stereocenters. The van der Waals surface area contributed by atoms with Crippen molar-refractivity contribution >= 4 is 8.53 Å². The van der Waals surface area contributed by atoms with Crippen LogP contribution in [-0.4, -0.2) is 36.5 Å². The number of hydrogen-bond donors (Lipinski definition) is 1. The molecule has 0 aliphatic heterocycles. The molecule has 5 heteroatoms. The predicted molar refractivity (Wildman–Crippen MR) is 88.7 cm³/mol. The van der Waals surface area contributed by atoms with E-state index in [1.807, 2.05) is 0 Å². The van der Waals surface area contributed by atoms with Gasteiger partial charge in [0.25, 0.3) is 8.53 Å². The quantitative estimate of drug-likeness (QED) is 0.407. The third kappa shape index (κ3) is 9.25. The molecule has 0 aromatic rings. The maximum atomic E-state index is 6.05. The van der Waals surface area contributed by atoms with Gasteiger partial charge in [-0.05, 0) is 53.5 Å². The standard InChI is InChI=1S/C15H35N2O2P/c1-6-12-18-20(17(14(2)3)15(4)5)19-13-10-8-7-9-11-16/h14-15H,6-13,16H2,1-5H3. The van der Waals surface area contributed by atoms with Crippen LogP contribution in [0.15, 0.2) is 0 Å². The molecule has 0 spiro atoms. The summed E-state index contributed by atoms with van der Waals surface area (Å²) >= 11 is 0. The van der Waals surface area contributed by atoms with Crippen molar-refractivity contribution in [3.05, 3.63) is 0 Å². The fourth-order valence-corrected chi connectivity index (χ4v) is 3.78. The van der Waals surface area contributed by atoms with E-state index in [1.54, 1.807) is 0 Å². The van der Waals surface area contributed by atoms with Gasteiger partial charge in [0.15, 0.2) is 0 Å². The van der Waals surface area contributed by atoms with E-state index >= 15 is 0 Å². The zero-order chi connectivity index (χ0) is 15.4. The van der Waals surface area contributed by atoms with Crippen molar-refractivity contribution in [3.63, 3.8) is 0 Å². The van der Waals surface area contributed by atoms with Crippen LogP contribution in [0.4, 0.5) is 0 Å². The first-order valence-electron chi connectivity index (χ1n) is 8.08. The highest BCUT2D eigenvalue weighted by atomic mass is 31.2. The van der Waals surface area contributed by atoms with Gasteiger partial charge in [-0.25, -0.2) is 4.67 Å². The van der Waals surface area contributed by atoms with E-state index in [0.717, 1.165) is 39.0 Å². The lowest BCUT2D eigenvalue weighted by atomic mass is 10.2. The van der Waals surface area contributed by atoms with Gasteiger partial charge in [0.05, 0.1) is 13.2 Å². The molecule has 0 bridgehead atoms. The molecule has 0 heterocycles. The summed E-state index contributed by atoms with van der Waals surface area (Å²) < 4.78 is 14.4. The van der Waals surface area contributed by atoms with Crippen molar-refractivity contribution in [2.24, 2.45) is 5.73 Å². The Morgan fingerprint density at radius 1 is 0.900 bits per heavy atom. The van der Waals surface area contributed by atoms with Crippen LogP contribution in [0.5, 0.6) is 0 Å². The molecule has 0 fully saturated rings. The molecule has 0 aliphatic carbocycles. The molecule has 0 aliphatic rings. The zero-order valence-electron chi connectivity index (χ0n) is 14.1. The molecule has 0 amide bonds. The van der Waals surface area contributed by atoms with Gasteiger partial charge in [0, 0.05) is 12.1 Å². The summed E-state index contributed by atoms with van der Waals surface area (Å²) in [5.74, 6) is 0. The highest BCUT2D eigenvalue weighted by molar-refractivity contribution is 7.44. The van der Waals surface area contributed by atoms with Crippen LogP contribution < -0.4 is 5.73 Å². The Kier molecular flexibility index (Phi) is 13.1. The van der Waals surface area contributed by atoms with Crippen LogP contribution in [-0.2, 0) is 9.05 Å². The fraction of sp³-hybridized carbons (Fsp3) is 1.00. The Hall–Kier alpha value is 0.270. The molecule has 122 valence electrons. The minimum Gasteiger partial charge on any atom is -0.330 e. The van der Waals surface area contributed by atoms with Crippen molar-refractivity contribution in [1.82, 2.24) is 4.67 Å². The fourth-order valence-electron chi connectivity index (χ4n) is 2.06. The van der Waals surface area contributed by atoms with Crippen molar-refractivity contribution in [2.45, 2.75) is 78.8 Å². The van der Waals surface area contributed by atoms with Crippen molar-refractivity contribution in [2.75, 3.05) is 19.8 Å². The minimum atomic E-state index is -0.925. The van der Waals surface area contributed by atoms with E-state index in [4.69, 9.17) is 14.8 Å². The summed E-state index contributed by atoms with van der Waals surface area (Å²) in [5.41, 5.74) is 5.50. The number of nitrogens with two attached hydrogens (primary N) is 1. The maximum Gasteiger partial charge on any atom is 0.259 e. The van der Waals surface area contributed by atoms with Crippen molar-refractivity contribution in [1.29, 1.82) is 0 Å². The second kappa shape index (κ2) is 13.0. The third-order valence-corrected chi connectivity index (χ3v) is 5.06. The summed E-state index contributed by atoms with van der Waals surface area (Å²) in [4.78, 5) is 0. The summed E-state index contributed by atoms with van der Waals surface area (Å²) in [7, 11) is -0.925. The van der Waals surface area contributed by atoms with Gasteiger partial charge >= 0.3 is 0 Å². The molecule has 0 aromatic carbocycles. The van der Waals surface area contributed by atoms with E-state index in [0.29, 0.717) is 12.1 Å². The first-order valence-corrected chi connectivity index (χ1v) is 9.21. The number of unbranched alkanes of at least 4 members (excludes halogenated alkanes) is 3. The molecule has 2 N–H and O–H groups in total. The van der Waals surface area contributed by atoms with Gasteiger partial charge in [0.2, 0.25) is 0 Å². The molecule has 0 saturated heterocycles. The van der Waals surface area contributed by atoms with Gasteiger partial charge < -0.3 is 14.8 Å². The molecule has 0 aromatic heterocycles. The number of rotatable bonds is 13. The molecule has 0 radical (unpaired) electrons. The predicted octanol–water partition coefficient (Wildman–Crippen LogP) is 4.29. The van der Waals surface area contributed by atoms with Gasteiger partial charge in [0.1, 0.15) is 0 Å². The normalized spacial score (nSPS) is 13.7. The van der Waals surface area contributed by atoms with Crippen molar-refractivity contribution < 1.29 is 9.05 Å². The molecular weight excluding hydrogens is 271 g/mol. The molecule has 0 saturated carbocycles. The highest BCUT2D eigenvalue weighted by Crippen LogP contribution is 2.46. The van der Waals surface area contributed by atoms with E-state index in [-0.39, 0.29) is 0 Å². The summed E-state index contributed by atoms with van der Waals surface area (Å²) in [5, 5.41) is 0. The van der Waals surface area contributed by atoms with Gasteiger partial charge in [-0.3, -0.25) is 0 Å². The van der Waals surface area contributed by atoms with Gasteiger partial charge in [-0.1, -0.05) is 19.8 Å². The molecule has 0 rings (SSSR count). The number of hydrogen-bond acceptors (Lipinski definition) is 4. The summed E-state index contributed by atoms with van der Waals surface area (Å²) in [6, 6.07) is 0.880.